The van der Waals surface area contributed by atoms with Gasteiger partial charge in [-0.2, -0.15) is 0 Å². The van der Waals surface area contributed by atoms with Gasteiger partial charge in [0, 0.05) is 15.0 Å². The van der Waals surface area contributed by atoms with E-state index in [2.05, 4.69) is 22.6 Å². The lowest BCUT2D eigenvalue weighted by Gasteiger charge is -2.03. The molecule has 0 N–H and O–H groups in total. The van der Waals surface area contributed by atoms with E-state index < -0.39 is 5.82 Å². The zero-order valence-electron chi connectivity index (χ0n) is 9.29. The molecule has 0 aromatic heterocycles. The quantitative estimate of drug-likeness (QED) is 0.571. The molecule has 92 valence electrons. The highest BCUT2D eigenvalue weighted by Gasteiger charge is 2.12. The molecule has 4 heteroatoms. The Morgan fingerprint density at radius 3 is 2.44 bits per heavy atom. The van der Waals surface area contributed by atoms with Crippen molar-refractivity contribution in [2.75, 3.05) is 0 Å². The van der Waals surface area contributed by atoms with Gasteiger partial charge in [0.15, 0.2) is 5.78 Å². The first-order valence-corrected chi connectivity index (χ1v) is 6.74. The van der Waals surface area contributed by atoms with Crippen LogP contribution in [0.1, 0.15) is 15.9 Å². The number of hydrogen-bond acceptors (Lipinski definition) is 1. The summed E-state index contributed by atoms with van der Waals surface area (Å²) in [7, 11) is 0. The van der Waals surface area contributed by atoms with Crippen molar-refractivity contribution in [1.82, 2.24) is 0 Å². The third-order valence-corrected chi connectivity index (χ3v) is 3.46. The van der Waals surface area contributed by atoms with Crippen LogP contribution in [0.25, 0.3) is 0 Å². The molecule has 0 aliphatic carbocycles. The molecule has 2 aromatic rings. The van der Waals surface area contributed by atoms with E-state index in [1.54, 1.807) is 0 Å². The van der Waals surface area contributed by atoms with Crippen molar-refractivity contribution < 1.29 is 9.18 Å². The summed E-state index contributed by atoms with van der Waals surface area (Å²) in [5.41, 5.74) is 0.952. The Balaban J connectivity index is 2.19. The Bertz CT molecular complexity index is 581. The molecule has 0 saturated carbocycles. The molecule has 0 amide bonds. The van der Waals surface area contributed by atoms with Gasteiger partial charge in [-0.3, -0.25) is 4.79 Å². The summed E-state index contributed by atoms with van der Waals surface area (Å²) in [5, 5.41) is 0.290. The minimum absolute atomic E-state index is 0.0814. The first kappa shape index (κ1) is 13.5. The van der Waals surface area contributed by atoms with Crippen LogP contribution in [0.5, 0.6) is 0 Å². The fourth-order valence-corrected chi connectivity index (χ4v) is 2.12. The number of ketones is 1. The molecule has 0 fully saturated rings. The minimum atomic E-state index is -0.571. The van der Waals surface area contributed by atoms with Crippen molar-refractivity contribution in [2.24, 2.45) is 0 Å². The van der Waals surface area contributed by atoms with E-state index in [9.17, 15) is 9.18 Å². The summed E-state index contributed by atoms with van der Waals surface area (Å²) in [6.45, 7) is 0. The molecule has 2 rings (SSSR count). The van der Waals surface area contributed by atoms with Crippen LogP contribution in [0.3, 0.4) is 0 Å². The van der Waals surface area contributed by atoms with Gasteiger partial charge in [-0.25, -0.2) is 4.39 Å². The predicted molar refractivity (Wildman–Crippen MR) is 78.6 cm³/mol. The molecule has 18 heavy (non-hydrogen) atoms. The normalized spacial score (nSPS) is 10.4. The van der Waals surface area contributed by atoms with Crippen molar-refractivity contribution in [3.05, 3.63) is 68.0 Å². The van der Waals surface area contributed by atoms with Crippen molar-refractivity contribution in [3.63, 3.8) is 0 Å². The van der Waals surface area contributed by atoms with Gasteiger partial charge < -0.3 is 0 Å². The molecule has 0 aliphatic heterocycles. The summed E-state index contributed by atoms with van der Waals surface area (Å²) >= 11 is 7.84. The third kappa shape index (κ3) is 3.29. The summed E-state index contributed by atoms with van der Waals surface area (Å²) in [5.74, 6) is -0.816. The van der Waals surface area contributed by atoms with E-state index in [1.807, 2.05) is 24.3 Å². The second-order valence-electron chi connectivity index (χ2n) is 3.85. The second kappa shape index (κ2) is 5.80. The minimum Gasteiger partial charge on any atom is -0.294 e. The standard InChI is InChI=1S/C14H9ClFIO/c15-10-3-6-12(13(16)8-10)14(18)7-9-1-4-11(17)5-2-9/h1-6,8H,7H2. The highest BCUT2D eigenvalue weighted by molar-refractivity contribution is 14.1. The number of carbonyl (C=O) groups is 1. The maximum Gasteiger partial charge on any atom is 0.170 e. The molecule has 0 bridgehead atoms. The Morgan fingerprint density at radius 1 is 1.17 bits per heavy atom. The van der Waals surface area contributed by atoms with Gasteiger partial charge in [-0.15, -0.1) is 0 Å². The third-order valence-electron chi connectivity index (χ3n) is 2.51. The summed E-state index contributed by atoms with van der Waals surface area (Å²) in [6.07, 6.45) is 0.190. The largest absolute Gasteiger partial charge is 0.294 e. The van der Waals surface area contributed by atoms with Crippen LogP contribution in [0.2, 0.25) is 5.02 Å². The van der Waals surface area contributed by atoms with Crippen molar-refractivity contribution >= 4 is 40.0 Å². The van der Waals surface area contributed by atoms with Gasteiger partial charge in [-0.05, 0) is 58.5 Å². The highest BCUT2D eigenvalue weighted by atomic mass is 127. The lowest BCUT2D eigenvalue weighted by atomic mass is 10.0. The Labute approximate surface area is 123 Å². The fraction of sp³-hybridized carbons (Fsp3) is 0.0714. The molecular formula is C14H9ClFIO. The summed E-state index contributed by atoms with van der Waals surface area (Å²) < 4.78 is 14.7. The molecule has 0 saturated heterocycles. The summed E-state index contributed by atoms with van der Waals surface area (Å²) in [4.78, 5) is 11.9. The average Bonchev–Trinajstić information content (AvgIpc) is 2.32. The summed E-state index contributed by atoms with van der Waals surface area (Å²) in [6, 6.07) is 11.7. The SMILES string of the molecule is O=C(Cc1ccc(I)cc1)c1ccc(Cl)cc1F. The number of carbonyl (C=O) groups excluding carboxylic acids is 1. The van der Waals surface area contributed by atoms with Crippen LogP contribution in [0.15, 0.2) is 42.5 Å². The lowest BCUT2D eigenvalue weighted by Crippen LogP contribution is -2.06. The van der Waals surface area contributed by atoms with E-state index in [1.165, 1.54) is 12.1 Å². The maximum absolute atomic E-state index is 13.6. The van der Waals surface area contributed by atoms with Crippen LogP contribution >= 0.6 is 34.2 Å². The number of benzene rings is 2. The zero-order chi connectivity index (χ0) is 13.1. The Hall–Kier alpha value is -0.940. The molecule has 1 nitrogen and oxygen atoms in total. The predicted octanol–water partition coefficient (Wildman–Crippen LogP) is 4.51. The van der Waals surface area contributed by atoms with Gasteiger partial charge in [0.25, 0.3) is 0 Å². The molecule has 0 atom stereocenters. The van der Waals surface area contributed by atoms with Crippen LogP contribution in [-0.2, 0) is 6.42 Å². The molecule has 2 aromatic carbocycles. The number of halogens is 3. The number of Topliss-reactive ketones (excluding diaryl/α,β-unsaturated/α-hetero) is 1. The average molecular weight is 375 g/mol. The van der Waals surface area contributed by atoms with Gasteiger partial charge >= 0.3 is 0 Å². The van der Waals surface area contributed by atoms with Crippen molar-refractivity contribution in [1.29, 1.82) is 0 Å². The van der Waals surface area contributed by atoms with Crippen LogP contribution < -0.4 is 0 Å². The molecule has 0 spiro atoms. The molecule has 0 radical (unpaired) electrons. The molecule has 0 unspecified atom stereocenters. The van der Waals surface area contributed by atoms with Gasteiger partial charge in [-0.1, -0.05) is 23.7 Å². The van der Waals surface area contributed by atoms with Crippen molar-refractivity contribution in [2.45, 2.75) is 6.42 Å². The van der Waals surface area contributed by atoms with Gasteiger partial charge in [0.05, 0.1) is 5.56 Å². The molecular weight excluding hydrogens is 366 g/mol. The smallest absolute Gasteiger partial charge is 0.170 e. The molecule has 0 aliphatic rings. The van der Waals surface area contributed by atoms with Crippen LogP contribution in [-0.4, -0.2) is 5.78 Å². The first-order chi connectivity index (χ1) is 8.56. The van der Waals surface area contributed by atoms with E-state index in [4.69, 9.17) is 11.6 Å². The fourth-order valence-electron chi connectivity index (χ4n) is 1.60. The van der Waals surface area contributed by atoms with Crippen LogP contribution in [0, 0.1) is 9.39 Å². The van der Waals surface area contributed by atoms with Gasteiger partial charge in [0.1, 0.15) is 5.82 Å². The monoisotopic (exact) mass is 374 g/mol. The van der Waals surface area contributed by atoms with E-state index in [0.717, 1.165) is 15.2 Å². The number of hydrogen-bond donors (Lipinski definition) is 0. The van der Waals surface area contributed by atoms with E-state index in [0.29, 0.717) is 5.02 Å². The Morgan fingerprint density at radius 2 is 1.83 bits per heavy atom. The van der Waals surface area contributed by atoms with E-state index >= 15 is 0 Å². The highest BCUT2D eigenvalue weighted by Crippen LogP contribution is 2.17. The zero-order valence-corrected chi connectivity index (χ0v) is 12.2. The number of rotatable bonds is 3. The topological polar surface area (TPSA) is 17.1 Å². The van der Waals surface area contributed by atoms with Crippen molar-refractivity contribution in [3.8, 4) is 0 Å². The van der Waals surface area contributed by atoms with Gasteiger partial charge in [0.2, 0.25) is 0 Å². The lowest BCUT2D eigenvalue weighted by molar-refractivity contribution is 0.0989. The van der Waals surface area contributed by atoms with Crippen LogP contribution in [0.4, 0.5) is 4.39 Å². The maximum atomic E-state index is 13.6. The second-order valence-corrected chi connectivity index (χ2v) is 5.53. The molecule has 0 heterocycles. The Kier molecular flexibility index (Phi) is 4.35. The first-order valence-electron chi connectivity index (χ1n) is 5.29. The van der Waals surface area contributed by atoms with E-state index in [-0.39, 0.29) is 17.8 Å².